The quantitative estimate of drug-likeness (QED) is 0.462. The molecule has 6 nitrogen and oxygen atoms in total. The molecule has 0 atom stereocenters. The summed E-state index contributed by atoms with van der Waals surface area (Å²) in [4.78, 5) is 22.7. The third-order valence-electron chi connectivity index (χ3n) is 5.14. The molecule has 0 radical (unpaired) electrons. The number of carbonyl (C=O) groups is 1. The highest BCUT2D eigenvalue weighted by Crippen LogP contribution is 2.37. The van der Waals surface area contributed by atoms with Crippen LogP contribution in [0.2, 0.25) is 0 Å². The predicted octanol–water partition coefficient (Wildman–Crippen LogP) is 5.25. The minimum Gasteiger partial charge on any atom is -0.506 e. The van der Waals surface area contributed by atoms with E-state index in [-0.39, 0.29) is 17.8 Å². The van der Waals surface area contributed by atoms with Gasteiger partial charge in [0, 0.05) is 0 Å². The number of hydrogen-bond donors (Lipinski definition) is 2. The van der Waals surface area contributed by atoms with Crippen LogP contribution in [-0.4, -0.2) is 27.1 Å². The Hall–Kier alpha value is -2.67. The molecular weight excluding hydrogens is 374 g/mol. The van der Waals surface area contributed by atoms with Crippen LogP contribution in [0.5, 0.6) is 5.75 Å². The summed E-state index contributed by atoms with van der Waals surface area (Å²) >= 11 is 1.32. The van der Waals surface area contributed by atoms with Gasteiger partial charge < -0.3 is 15.2 Å². The largest absolute Gasteiger partial charge is 0.506 e. The number of benzene rings is 1. The fourth-order valence-corrected chi connectivity index (χ4v) is 4.66. The molecule has 0 aliphatic heterocycles. The third kappa shape index (κ3) is 3.67. The monoisotopic (exact) mass is 397 g/mol. The van der Waals surface area contributed by atoms with Crippen molar-refractivity contribution in [2.75, 3.05) is 5.32 Å². The average Bonchev–Trinajstić information content (AvgIpc) is 3.03. The maximum absolute atomic E-state index is 12.7. The Labute approximate surface area is 167 Å². The number of aromatic nitrogens is 2. The first-order valence-electron chi connectivity index (χ1n) is 9.54. The molecule has 1 aliphatic carbocycles. The summed E-state index contributed by atoms with van der Waals surface area (Å²) < 4.78 is 5.74. The van der Waals surface area contributed by atoms with Gasteiger partial charge in [-0.25, -0.2) is 14.8 Å². The molecule has 28 heavy (non-hydrogen) atoms. The molecule has 0 amide bonds. The molecule has 3 aromatic rings. The molecule has 0 unspecified atom stereocenters. The van der Waals surface area contributed by atoms with E-state index < -0.39 is 0 Å². The third-order valence-corrected chi connectivity index (χ3v) is 6.32. The molecule has 2 aromatic heterocycles. The van der Waals surface area contributed by atoms with E-state index in [1.165, 1.54) is 24.1 Å². The van der Waals surface area contributed by atoms with Crippen molar-refractivity contribution in [1.29, 1.82) is 0 Å². The first-order valence-corrected chi connectivity index (χ1v) is 10.4. The van der Waals surface area contributed by atoms with Gasteiger partial charge in [-0.2, -0.15) is 0 Å². The lowest BCUT2D eigenvalue weighted by Gasteiger charge is -2.21. The second-order valence-electron chi connectivity index (χ2n) is 7.27. The van der Waals surface area contributed by atoms with Crippen LogP contribution in [0.3, 0.4) is 0 Å². The first-order chi connectivity index (χ1) is 13.5. The van der Waals surface area contributed by atoms with E-state index >= 15 is 0 Å². The highest BCUT2D eigenvalue weighted by molar-refractivity contribution is 7.20. The van der Waals surface area contributed by atoms with Crippen molar-refractivity contribution in [2.24, 2.45) is 0 Å². The topological polar surface area (TPSA) is 84.3 Å². The second kappa shape index (κ2) is 7.75. The van der Waals surface area contributed by atoms with Crippen LogP contribution in [0.15, 0.2) is 24.5 Å². The van der Waals surface area contributed by atoms with Crippen molar-refractivity contribution in [1.82, 2.24) is 9.97 Å². The summed E-state index contributed by atoms with van der Waals surface area (Å²) in [6, 6.07) is 5.40. The number of rotatable bonds is 4. The summed E-state index contributed by atoms with van der Waals surface area (Å²) in [6.07, 6.45) is 6.80. The molecule has 146 valence electrons. The molecule has 1 aliphatic rings. The SMILES string of the molecule is Cc1ccc(Nc2ncnc3sc(C(=O)OC4CCCCC4)c(C)c23)c(O)c1. The number of nitrogens with one attached hydrogen (secondary N) is 1. The van der Waals surface area contributed by atoms with Crippen LogP contribution in [0.25, 0.3) is 10.2 Å². The number of phenolic OH excluding ortho intramolecular Hbond substituents is 1. The Bertz CT molecular complexity index is 1030. The lowest BCUT2D eigenvalue weighted by molar-refractivity contribution is 0.0216. The molecule has 0 spiro atoms. The first kappa shape index (κ1) is 18.7. The number of phenols is 1. The second-order valence-corrected chi connectivity index (χ2v) is 8.27. The number of thiophene rings is 1. The lowest BCUT2D eigenvalue weighted by Crippen LogP contribution is -2.20. The van der Waals surface area contributed by atoms with Crippen molar-refractivity contribution in [3.05, 3.63) is 40.5 Å². The van der Waals surface area contributed by atoms with Crippen LogP contribution < -0.4 is 5.32 Å². The fourth-order valence-electron chi connectivity index (χ4n) is 3.62. The van der Waals surface area contributed by atoms with Gasteiger partial charge in [0.15, 0.2) is 0 Å². The summed E-state index contributed by atoms with van der Waals surface area (Å²) in [5.41, 5.74) is 2.33. The number of ether oxygens (including phenoxy) is 1. The van der Waals surface area contributed by atoms with Crippen molar-refractivity contribution < 1.29 is 14.6 Å². The molecule has 7 heteroatoms. The van der Waals surface area contributed by atoms with Gasteiger partial charge in [-0.3, -0.25) is 0 Å². The Morgan fingerprint density at radius 1 is 1.21 bits per heavy atom. The van der Waals surface area contributed by atoms with E-state index in [1.807, 2.05) is 19.9 Å². The number of fused-ring (bicyclic) bond motifs is 1. The smallest absolute Gasteiger partial charge is 0.348 e. The molecule has 1 aromatic carbocycles. The zero-order valence-electron chi connectivity index (χ0n) is 16.0. The Balaban J connectivity index is 1.65. The van der Waals surface area contributed by atoms with Gasteiger partial charge in [-0.15, -0.1) is 11.3 Å². The number of aromatic hydroxyl groups is 1. The van der Waals surface area contributed by atoms with E-state index in [0.29, 0.717) is 16.4 Å². The number of carbonyl (C=O) groups excluding carboxylic acids is 1. The van der Waals surface area contributed by atoms with Gasteiger partial charge in [0.05, 0.1) is 11.1 Å². The highest BCUT2D eigenvalue weighted by atomic mass is 32.1. The van der Waals surface area contributed by atoms with Crippen molar-refractivity contribution >= 4 is 39.0 Å². The van der Waals surface area contributed by atoms with Gasteiger partial charge in [0.25, 0.3) is 0 Å². The van der Waals surface area contributed by atoms with E-state index in [0.717, 1.165) is 47.0 Å². The van der Waals surface area contributed by atoms with Crippen molar-refractivity contribution in [3.8, 4) is 5.75 Å². The molecule has 1 saturated carbocycles. The van der Waals surface area contributed by atoms with E-state index in [9.17, 15) is 9.90 Å². The Morgan fingerprint density at radius 2 is 2.00 bits per heavy atom. The molecule has 2 heterocycles. The van der Waals surface area contributed by atoms with E-state index in [2.05, 4.69) is 15.3 Å². The minimum atomic E-state index is -0.281. The molecular formula is C21H23N3O3S. The van der Waals surface area contributed by atoms with Crippen LogP contribution in [0.1, 0.15) is 52.9 Å². The fraction of sp³-hybridized carbons (Fsp3) is 0.381. The number of nitrogens with zero attached hydrogens (tertiary/aromatic N) is 2. The van der Waals surface area contributed by atoms with Gasteiger partial charge in [0.2, 0.25) is 0 Å². The van der Waals surface area contributed by atoms with Crippen LogP contribution >= 0.6 is 11.3 Å². The lowest BCUT2D eigenvalue weighted by atomic mass is 9.98. The van der Waals surface area contributed by atoms with Crippen molar-refractivity contribution in [3.63, 3.8) is 0 Å². The number of aryl methyl sites for hydroxylation is 2. The minimum absolute atomic E-state index is 0.0130. The zero-order valence-corrected chi connectivity index (χ0v) is 16.8. The number of anilines is 2. The van der Waals surface area contributed by atoms with Crippen LogP contribution in [0.4, 0.5) is 11.5 Å². The molecule has 2 N–H and O–H groups in total. The normalized spacial score (nSPS) is 14.9. The summed E-state index contributed by atoms with van der Waals surface area (Å²) in [5, 5.41) is 14.1. The number of esters is 1. The highest BCUT2D eigenvalue weighted by Gasteiger charge is 2.24. The standard InChI is InChI=1S/C21H23N3O3S/c1-12-8-9-15(16(25)10-12)24-19-17-13(2)18(28-20(17)23-11-22-19)21(26)27-14-6-4-3-5-7-14/h8-11,14,25H,3-7H2,1-2H3,(H,22,23,24). The summed E-state index contributed by atoms with van der Waals surface area (Å²) in [7, 11) is 0. The maximum Gasteiger partial charge on any atom is 0.348 e. The predicted molar refractivity (Wildman–Crippen MR) is 111 cm³/mol. The average molecular weight is 398 g/mol. The zero-order chi connectivity index (χ0) is 19.7. The van der Waals surface area contributed by atoms with Gasteiger partial charge in [0.1, 0.15) is 33.7 Å². The summed E-state index contributed by atoms with van der Waals surface area (Å²) in [6.45, 7) is 3.81. The molecule has 0 saturated heterocycles. The summed E-state index contributed by atoms with van der Waals surface area (Å²) in [5.74, 6) is 0.433. The van der Waals surface area contributed by atoms with Gasteiger partial charge in [-0.05, 0) is 62.8 Å². The molecule has 0 bridgehead atoms. The van der Waals surface area contributed by atoms with Crippen LogP contribution in [0, 0.1) is 13.8 Å². The number of hydrogen-bond acceptors (Lipinski definition) is 7. The van der Waals surface area contributed by atoms with Crippen LogP contribution in [-0.2, 0) is 4.74 Å². The van der Waals surface area contributed by atoms with E-state index in [4.69, 9.17) is 4.74 Å². The Kier molecular flexibility index (Phi) is 5.17. The molecule has 1 fully saturated rings. The van der Waals surface area contributed by atoms with Gasteiger partial charge >= 0.3 is 5.97 Å². The van der Waals surface area contributed by atoms with E-state index in [1.54, 1.807) is 12.1 Å². The maximum atomic E-state index is 12.7. The van der Waals surface area contributed by atoms with Crippen molar-refractivity contribution in [2.45, 2.75) is 52.1 Å². The Morgan fingerprint density at radius 3 is 2.75 bits per heavy atom. The molecule has 4 rings (SSSR count). The van der Waals surface area contributed by atoms with Gasteiger partial charge in [-0.1, -0.05) is 12.5 Å².